The average molecular weight is 1030 g/mol. The molecule has 0 spiro atoms. The van der Waals surface area contributed by atoms with Crippen LogP contribution in [0.1, 0.15) is 68.3 Å². The maximum atomic E-state index is 14.6. The number of nitrogens with one attached hydrogen (secondary N) is 3. The predicted molar refractivity (Wildman–Crippen MR) is 274 cm³/mol. The van der Waals surface area contributed by atoms with Crippen molar-refractivity contribution in [2.45, 2.75) is 75.0 Å². The molecule has 2 saturated heterocycles. The number of alkyl halides is 1. The van der Waals surface area contributed by atoms with Crippen molar-refractivity contribution in [3.63, 3.8) is 0 Å². The molecule has 3 fully saturated rings. The van der Waals surface area contributed by atoms with Gasteiger partial charge in [-0.2, -0.15) is 4.98 Å². The van der Waals surface area contributed by atoms with Crippen LogP contribution in [0.4, 0.5) is 32.8 Å². The molecule has 10 rings (SSSR count). The van der Waals surface area contributed by atoms with E-state index in [1.807, 2.05) is 41.3 Å². The second kappa shape index (κ2) is 20.2. The van der Waals surface area contributed by atoms with Gasteiger partial charge in [0.25, 0.3) is 21.6 Å². The SMILES string of the molecule is CC1(C)CC(c2ccc(Cl)cc2)=C2CN3CCN(c4ccc(C(=O)NS(=O)(=O)c5ccc(NCC6CC(O)(CF)C6)c([N+](=O)[O-])c5)c(N5CCCOc6nc7[nH]ccc7cc65)c4)C[C@H]3COCCCO[C@@H]2C1. The number of carbonyl (C=O) groups excluding carboxylic acids is 1. The molecular formula is C52H60ClFN8O9S. The first-order valence-electron chi connectivity index (χ1n) is 24.6. The predicted octanol–water partition coefficient (Wildman–Crippen LogP) is 8.26. The molecule has 382 valence electrons. The first-order chi connectivity index (χ1) is 34.5. The van der Waals surface area contributed by atoms with Crippen LogP contribution < -0.4 is 24.6 Å². The minimum Gasteiger partial charge on any atom is -0.476 e. The highest BCUT2D eigenvalue weighted by molar-refractivity contribution is 7.90. The Labute approximate surface area is 422 Å². The molecule has 1 saturated carbocycles. The number of allylic oxidation sites excluding steroid dienone is 1. The van der Waals surface area contributed by atoms with Crippen LogP contribution >= 0.6 is 11.6 Å². The number of H-pyrrole nitrogens is 1. The zero-order valence-corrected chi connectivity index (χ0v) is 41.9. The monoisotopic (exact) mass is 1030 g/mol. The molecule has 0 unspecified atom stereocenters. The first kappa shape index (κ1) is 49.7. The fraction of sp³-hybridized carbons (Fsp3) is 0.462. The fourth-order valence-corrected chi connectivity index (χ4v) is 12.1. The van der Waals surface area contributed by atoms with Gasteiger partial charge in [0.1, 0.15) is 23.7 Å². The van der Waals surface area contributed by atoms with Gasteiger partial charge in [0, 0.05) is 80.8 Å². The summed E-state index contributed by atoms with van der Waals surface area (Å²) in [6, 6.07) is 20.6. The number of fused-ring (bicyclic) bond motifs is 4. The van der Waals surface area contributed by atoms with Crippen molar-refractivity contribution in [1.82, 2.24) is 19.6 Å². The summed E-state index contributed by atoms with van der Waals surface area (Å²) >= 11 is 6.37. The lowest BCUT2D eigenvalue weighted by molar-refractivity contribution is -0.384. The average Bonchev–Trinajstić information content (AvgIpc) is 3.69. The topological polar surface area (TPSA) is 205 Å². The number of ether oxygens (including phenoxy) is 3. The summed E-state index contributed by atoms with van der Waals surface area (Å²) in [4.78, 5) is 40.2. The van der Waals surface area contributed by atoms with Gasteiger partial charge in [0.2, 0.25) is 5.88 Å². The van der Waals surface area contributed by atoms with Gasteiger partial charge in [0.15, 0.2) is 0 Å². The maximum absolute atomic E-state index is 14.6. The molecule has 0 radical (unpaired) electrons. The number of nitrogens with zero attached hydrogens (tertiary/aromatic N) is 5. The highest BCUT2D eigenvalue weighted by atomic mass is 35.5. The second-order valence-electron chi connectivity index (χ2n) is 20.6. The van der Waals surface area contributed by atoms with E-state index in [-0.39, 0.29) is 54.1 Å². The Balaban J connectivity index is 0.960. The number of piperazine rings is 1. The number of anilines is 4. The van der Waals surface area contributed by atoms with Crippen LogP contribution in [-0.4, -0.2) is 129 Å². The Hall–Kier alpha value is -5.83. The van der Waals surface area contributed by atoms with Crippen molar-refractivity contribution in [2.24, 2.45) is 11.3 Å². The Morgan fingerprint density at radius 2 is 1.82 bits per heavy atom. The molecule has 72 heavy (non-hydrogen) atoms. The van der Waals surface area contributed by atoms with Gasteiger partial charge in [-0.3, -0.25) is 19.8 Å². The van der Waals surface area contributed by atoms with Gasteiger partial charge in [-0.25, -0.2) is 17.5 Å². The van der Waals surface area contributed by atoms with E-state index in [2.05, 4.69) is 50.8 Å². The summed E-state index contributed by atoms with van der Waals surface area (Å²) in [7, 11) is -4.67. The lowest BCUT2D eigenvalue weighted by Crippen LogP contribution is -2.56. The number of halogens is 2. The summed E-state index contributed by atoms with van der Waals surface area (Å²) < 4.78 is 62.7. The highest BCUT2D eigenvalue weighted by Gasteiger charge is 2.43. The van der Waals surface area contributed by atoms with Gasteiger partial charge in [-0.15, -0.1) is 0 Å². The van der Waals surface area contributed by atoms with E-state index in [0.717, 1.165) is 42.0 Å². The number of rotatable bonds is 11. The number of hydrogen-bond donors (Lipinski definition) is 4. The van der Waals surface area contributed by atoms with Crippen LogP contribution in [0.2, 0.25) is 5.02 Å². The molecule has 0 bridgehead atoms. The number of sulfonamides is 1. The van der Waals surface area contributed by atoms with Gasteiger partial charge < -0.3 is 39.4 Å². The van der Waals surface area contributed by atoms with Gasteiger partial charge in [-0.05, 0) is 121 Å². The molecular weight excluding hydrogens is 967 g/mol. The molecule has 17 nitrogen and oxygen atoms in total. The van der Waals surface area contributed by atoms with Crippen molar-refractivity contribution < 1.29 is 41.8 Å². The summed E-state index contributed by atoms with van der Waals surface area (Å²) in [5.41, 5.74) is 4.43. The number of aliphatic hydroxyl groups is 1. The quantitative estimate of drug-likeness (QED) is 0.0727. The van der Waals surface area contributed by atoms with E-state index in [0.29, 0.717) is 93.5 Å². The van der Waals surface area contributed by atoms with E-state index in [9.17, 15) is 32.8 Å². The van der Waals surface area contributed by atoms with E-state index >= 15 is 0 Å². The largest absolute Gasteiger partial charge is 0.476 e. The van der Waals surface area contributed by atoms with Crippen LogP contribution in [-0.2, 0) is 19.5 Å². The van der Waals surface area contributed by atoms with Gasteiger partial charge in [-0.1, -0.05) is 37.6 Å². The zero-order valence-electron chi connectivity index (χ0n) is 40.4. The molecule has 5 aliphatic rings. The Kier molecular flexibility index (Phi) is 14.0. The number of hydrogen-bond acceptors (Lipinski definition) is 14. The van der Waals surface area contributed by atoms with Crippen molar-refractivity contribution in [2.75, 3.05) is 87.5 Å². The Bertz CT molecular complexity index is 3000. The van der Waals surface area contributed by atoms with E-state index in [1.165, 1.54) is 23.3 Å². The zero-order chi connectivity index (χ0) is 50.4. The van der Waals surface area contributed by atoms with E-state index < -0.39 is 43.7 Å². The maximum Gasteiger partial charge on any atom is 0.293 e. The third kappa shape index (κ3) is 10.5. The van der Waals surface area contributed by atoms with E-state index in [1.54, 1.807) is 12.3 Å². The van der Waals surface area contributed by atoms with Gasteiger partial charge >= 0.3 is 0 Å². The van der Waals surface area contributed by atoms with Crippen LogP contribution in [0.25, 0.3) is 16.6 Å². The van der Waals surface area contributed by atoms with Crippen LogP contribution in [0.15, 0.2) is 89.5 Å². The molecule has 2 aliphatic carbocycles. The van der Waals surface area contributed by atoms with Crippen molar-refractivity contribution in [3.05, 3.63) is 111 Å². The third-order valence-corrected chi connectivity index (χ3v) is 16.3. The lowest BCUT2D eigenvalue weighted by Gasteiger charge is -2.45. The molecule has 4 N–H and O–H groups in total. The smallest absolute Gasteiger partial charge is 0.293 e. The van der Waals surface area contributed by atoms with Crippen LogP contribution in [0, 0.1) is 21.4 Å². The number of benzene rings is 3. The number of aromatic amines is 1. The lowest BCUT2D eigenvalue weighted by atomic mass is 9.71. The number of nitro benzene ring substituents is 1. The minimum absolute atomic E-state index is 0.00779. The van der Waals surface area contributed by atoms with E-state index in [4.69, 9.17) is 30.8 Å². The highest BCUT2D eigenvalue weighted by Crippen LogP contribution is 2.46. The molecule has 5 heterocycles. The second-order valence-corrected chi connectivity index (χ2v) is 22.7. The van der Waals surface area contributed by atoms with Crippen molar-refractivity contribution in [1.29, 1.82) is 0 Å². The number of aromatic nitrogens is 2. The van der Waals surface area contributed by atoms with Crippen molar-refractivity contribution >= 4 is 72.6 Å². The summed E-state index contributed by atoms with van der Waals surface area (Å²) in [5, 5.41) is 26.8. The standard InChI is InChI=1S/C52H60ClFN8O9S/c1-51(2)26-41(34-5-7-36(53)8-6-34)42-30-60-17-16-59(29-38(60)31-69-18-4-20-70-47(42)27-51)37-9-11-40(44(22-37)61-15-3-19-71-50-46(61)21-35-13-14-55-48(35)57-50)49(63)58-72(67,68)39-10-12-43(45(23-39)62(65)66)56-28-33-24-52(64,25-33)32-54/h5-14,21-23,33,38,47,56,64H,3-4,15-20,24-32H2,1-2H3,(H,55,57)(H,58,63)/t33?,38-,47+,52?/m0/s1. The summed E-state index contributed by atoms with van der Waals surface area (Å²) in [5.74, 6) is -0.708. The normalized spacial score (nSPS) is 23.9. The van der Waals surface area contributed by atoms with Crippen LogP contribution in [0.5, 0.6) is 5.88 Å². The molecule has 1 amide bonds. The number of amides is 1. The molecule has 20 heteroatoms. The molecule has 3 aliphatic heterocycles. The Morgan fingerprint density at radius 1 is 1.00 bits per heavy atom. The summed E-state index contributed by atoms with van der Waals surface area (Å²) in [6.45, 7) is 9.02. The molecule has 2 aromatic heterocycles. The summed E-state index contributed by atoms with van der Waals surface area (Å²) in [6.07, 6.45) is 5.26. The third-order valence-electron chi connectivity index (χ3n) is 14.7. The first-order valence-corrected chi connectivity index (χ1v) is 26.5. The Morgan fingerprint density at radius 3 is 2.61 bits per heavy atom. The number of nitro groups is 1. The number of pyridine rings is 1. The molecule has 5 aromatic rings. The minimum atomic E-state index is -4.67. The fourth-order valence-electron chi connectivity index (χ4n) is 11.0. The van der Waals surface area contributed by atoms with Crippen LogP contribution in [0.3, 0.4) is 0 Å². The van der Waals surface area contributed by atoms with Gasteiger partial charge in [0.05, 0.1) is 52.0 Å². The molecule has 3 aromatic carbocycles. The van der Waals surface area contributed by atoms with Crippen molar-refractivity contribution in [3.8, 4) is 5.88 Å². The number of carbonyl (C=O) groups is 1. The molecule has 2 atom stereocenters.